The number of nitrogens with one attached hydrogen (secondary N) is 1. The minimum atomic E-state index is -0.646. The molecule has 0 spiro atoms. The van der Waals surface area contributed by atoms with Gasteiger partial charge in [0.2, 0.25) is 5.91 Å². The quantitative estimate of drug-likeness (QED) is 0.701. The van der Waals surface area contributed by atoms with Crippen molar-refractivity contribution < 1.29 is 9.59 Å². The molecule has 1 aliphatic heterocycles. The molecule has 3 atom stereocenters. The van der Waals surface area contributed by atoms with Crippen LogP contribution in [-0.4, -0.2) is 42.0 Å². The van der Waals surface area contributed by atoms with Gasteiger partial charge in [-0.15, -0.1) is 12.4 Å². The number of halogens is 1. The van der Waals surface area contributed by atoms with E-state index in [4.69, 9.17) is 11.5 Å². The molecule has 1 rings (SSSR count). The highest BCUT2D eigenvalue weighted by Crippen LogP contribution is 2.20. The highest BCUT2D eigenvalue weighted by atomic mass is 35.5. The van der Waals surface area contributed by atoms with Crippen molar-refractivity contribution in [1.82, 2.24) is 10.2 Å². The van der Waals surface area contributed by atoms with Crippen LogP contribution in [0.25, 0.3) is 0 Å². The smallest absolute Gasteiger partial charge is 0.312 e. The Morgan fingerprint density at radius 1 is 1.45 bits per heavy atom. The Labute approximate surface area is 127 Å². The number of rotatable bonds is 5. The van der Waals surface area contributed by atoms with E-state index in [-0.39, 0.29) is 24.4 Å². The van der Waals surface area contributed by atoms with E-state index in [2.05, 4.69) is 5.32 Å². The van der Waals surface area contributed by atoms with Crippen LogP contribution in [0.4, 0.5) is 4.79 Å². The van der Waals surface area contributed by atoms with Gasteiger partial charge in [-0.25, -0.2) is 4.79 Å². The predicted octanol–water partition coefficient (Wildman–Crippen LogP) is 0.831. The predicted molar refractivity (Wildman–Crippen MR) is 81.6 cm³/mol. The summed E-state index contributed by atoms with van der Waals surface area (Å²) in [7, 11) is 0. The molecule has 0 aromatic heterocycles. The van der Waals surface area contributed by atoms with Gasteiger partial charge in [0.05, 0.1) is 0 Å². The van der Waals surface area contributed by atoms with E-state index < -0.39 is 12.1 Å². The fourth-order valence-corrected chi connectivity index (χ4v) is 2.58. The van der Waals surface area contributed by atoms with Gasteiger partial charge in [0.1, 0.15) is 6.04 Å². The van der Waals surface area contributed by atoms with Gasteiger partial charge in [-0.2, -0.15) is 0 Å². The van der Waals surface area contributed by atoms with E-state index in [0.717, 1.165) is 25.8 Å². The Morgan fingerprint density at radius 2 is 2.10 bits per heavy atom. The molecule has 0 aliphatic carbocycles. The largest absolute Gasteiger partial charge is 0.352 e. The van der Waals surface area contributed by atoms with Crippen LogP contribution >= 0.6 is 12.4 Å². The zero-order valence-electron chi connectivity index (χ0n) is 12.3. The molecule has 1 aliphatic rings. The van der Waals surface area contributed by atoms with Crippen molar-refractivity contribution >= 4 is 24.3 Å². The maximum Gasteiger partial charge on any atom is 0.312 e. The standard InChI is InChI=1S/C13H26N4O2.ClH/c1-3-5-11(16-13(15)19)12(18)17-7-4-6-10(8-17)9(2)14;/h9-11H,3-8,14H2,1-2H3,(H3,15,16,19);1H/t9?,10?,11-;/m1./s1. The van der Waals surface area contributed by atoms with Crippen LogP contribution in [0.15, 0.2) is 0 Å². The Morgan fingerprint density at radius 3 is 2.60 bits per heavy atom. The SMILES string of the molecule is CCC[C@@H](NC(N)=O)C(=O)N1CCCC(C(C)N)C1.Cl. The molecule has 1 saturated heterocycles. The average molecular weight is 307 g/mol. The number of carbonyl (C=O) groups is 2. The number of nitrogens with zero attached hydrogens (tertiary/aromatic N) is 1. The monoisotopic (exact) mass is 306 g/mol. The third kappa shape index (κ3) is 5.54. The van der Waals surface area contributed by atoms with E-state index in [9.17, 15) is 9.59 Å². The summed E-state index contributed by atoms with van der Waals surface area (Å²) in [6.07, 6.45) is 3.46. The van der Waals surface area contributed by atoms with Gasteiger partial charge in [0, 0.05) is 19.1 Å². The van der Waals surface area contributed by atoms with Crippen molar-refractivity contribution in [2.75, 3.05) is 13.1 Å². The van der Waals surface area contributed by atoms with E-state index >= 15 is 0 Å². The lowest BCUT2D eigenvalue weighted by atomic mass is 9.91. The number of hydrogen-bond acceptors (Lipinski definition) is 3. The number of primary amides is 1. The molecule has 5 N–H and O–H groups in total. The minimum Gasteiger partial charge on any atom is -0.352 e. The number of piperidine rings is 1. The lowest BCUT2D eigenvalue weighted by molar-refractivity contribution is -0.135. The van der Waals surface area contributed by atoms with E-state index in [0.29, 0.717) is 18.9 Å². The normalized spacial score (nSPS) is 21.6. The molecule has 0 bridgehead atoms. The summed E-state index contributed by atoms with van der Waals surface area (Å²) in [6, 6.07) is -1.06. The Hall–Kier alpha value is -1.01. The molecule has 6 nitrogen and oxygen atoms in total. The number of carbonyl (C=O) groups excluding carboxylic acids is 2. The molecule has 0 aromatic rings. The first kappa shape index (κ1) is 19.0. The van der Waals surface area contributed by atoms with Crippen molar-refractivity contribution in [2.24, 2.45) is 17.4 Å². The van der Waals surface area contributed by atoms with Gasteiger partial charge in [-0.3, -0.25) is 4.79 Å². The van der Waals surface area contributed by atoms with E-state index in [1.165, 1.54) is 0 Å². The zero-order chi connectivity index (χ0) is 14.4. The third-order valence-electron chi connectivity index (χ3n) is 3.71. The second-order valence-electron chi connectivity index (χ2n) is 5.40. The van der Waals surface area contributed by atoms with Crippen molar-refractivity contribution in [3.8, 4) is 0 Å². The summed E-state index contributed by atoms with van der Waals surface area (Å²) in [5.41, 5.74) is 11.0. The molecule has 20 heavy (non-hydrogen) atoms. The summed E-state index contributed by atoms with van der Waals surface area (Å²) in [5, 5.41) is 2.54. The fourth-order valence-electron chi connectivity index (χ4n) is 2.58. The second kappa shape index (κ2) is 9.02. The molecule has 0 saturated carbocycles. The summed E-state index contributed by atoms with van der Waals surface area (Å²) in [6.45, 7) is 5.37. The van der Waals surface area contributed by atoms with Crippen LogP contribution < -0.4 is 16.8 Å². The molecular formula is C13H27ClN4O2. The second-order valence-corrected chi connectivity index (χ2v) is 5.40. The summed E-state index contributed by atoms with van der Waals surface area (Å²) in [5.74, 6) is 0.305. The summed E-state index contributed by atoms with van der Waals surface area (Å²) < 4.78 is 0. The zero-order valence-corrected chi connectivity index (χ0v) is 13.1. The molecule has 1 fully saturated rings. The van der Waals surface area contributed by atoms with Gasteiger partial charge in [0.25, 0.3) is 0 Å². The Bertz CT molecular complexity index is 325. The summed E-state index contributed by atoms with van der Waals surface area (Å²) >= 11 is 0. The first-order chi connectivity index (χ1) is 8.95. The van der Waals surface area contributed by atoms with Gasteiger partial charge in [-0.05, 0) is 32.1 Å². The molecule has 7 heteroatoms. The van der Waals surface area contributed by atoms with Crippen LogP contribution in [0.1, 0.15) is 39.5 Å². The number of hydrogen-bond donors (Lipinski definition) is 3. The van der Waals surface area contributed by atoms with Crippen LogP contribution in [0.3, 0.4) is 0 Å². The number of urea groups is 1. The van der Waals surface area contributed by atoms with Crippen molar-refractivity contribution in [3.63, 3.8) is 0 Å². The molecule has 0 aromatic carbocycles. The molecule has 2 unspecified atom stereocenters. The molecule has 1 heterocycles. The third-order valence-corrected chi connectivity index (χ3v) is 3.71. The van der Waals surface area contributed by atoms with Gasteiger partial charge in [0.15, 0.2) is 0 Å². The van der Waals surface area contributed by atoms with Crippen molar-refractivity contribution in [2.45, 2.75) is 51.6 Å². The topological polar surface area (TPSA) is 101 Å². The molecular weight excluding hydrogens is 280 g/mol. The fraction of sp³-hybridized carbons (Fsp3) is 0.846. The van der Waals surface area contributed by atoms with Crippen LogP contribution in [0.2, 0.25) is 0 Å². The van der Waals surface area contributed by atoms with Crippen molar-refractivity contribution in [1.29, 1.82) is 0 Å². The lowest BCUT2D eigenvalue weighted by Crippen LogP contribution is -2.53. The van der Waals surface area contributed by atoms with Crippen LogP contribution in [0.5, 0.6) is 0 Å². The first-order valence-electron chi connectivity index (χ1n) is 7.06. The lowest BCUT2D eigenvalue weighted by Gasteiger charge is -2.36. The van der Waals surface area contributed by atoms with Gasteiger partial charge >= 0.3 is 6.03 Å². The average Bonchev–Trinajstić information content (AvgIpc) is 2.37. The maximum atomic E-state index is 12.4. The molecule has 118 valence electrons. The summed E-state index contributed by atoms with van der Waals surface area (Å²) in [4.78, 5) is 25.2. The number of likely N-dealkylation sites (tertiary alicyclic amines) is 1. The number of nitrogens with two attached hydrogens (primary N) is 2. The molecule has 0 radical (unpaired) electrons. The van der Waals surface area contributed by atoms with Crippen molar-refractivity contribution in [3.05, 3.63) is 0 Å². The first-order valence-corrected chi connectivity index (χ1v) is 7.06. The minimum absolute atomic E-state index is 0. The maximum absolute atomic E-state index is 12.4. The Kier molecular flexibility index (Phi) is 8.57. The highest BCUT2D eigenvalue weighted by Gasteiger charge is 2.30. The highest BCUT2D eigenvalue weighted by molar-refractivity contribution is 5.86. The van der Waals surface area contributed by atoms with Crippen LogP contribution in [0, 0.1) is 5.92 Å². The Balaban J connectivity index is 0.00000361. The van der Waals surface area contributed by atoms with E-state index in [1.807, 2.05) is 18.7 Å². The molecule has 3 amide bonds. The van der Waals surface area contributed by atoms with Gasteiger partial charge < -0.3 is 21.7 Å². The number of amides is 3. The van der Waals surface area contributed by atoms with Gasteiger partial charge in [-0.1, -0.05) is 13.3 Å². The van der Waals surface area contributed by atoms with E-state index in [1.54, 1.807) is 0 Å². The van der Waals surface area contributed by atoms with Crippen LogP contribution in [-0.2, 0) is 4.79 Å².